The highest BCUT2D eigenvalue weighted by Gasteiger charge is 2.10. The zero-order valence-electron chi connectivity index (χ0n) is 10.9. The second-order valence-corrected chi connectivity index (χ2v) is 4.16. The number of esters is 1. The van der Waals surface area contributed by atoms with Crippen LogP contribution in [0.4, 0.5) is 0 Å². The molecular formula is C14H16N2O3. The van der Waals surface area contributed by atoms with Crippen LogP contribution in [0.2, 0.25) is 0 Å². The molecule has 2 rings (SSSR count). The van der Waals surface area contributed by atoms with Gasteiger partial charge in [-0.3, -0.25) is 0 Å². The maximum atomic E-state index is 11.5. The van der Waals surface area contributed by atoms with E-state index in [1.807, 2.05) is 24.3 Å². The summed E-state index contributed by atoms with van der Waals surface area (Å²) in [6.07, 6.45) is 2.59. The summed E-state index contributed by atoms with van der Waals surface area (Å²) < 4.78 is 6.50. The van der Waals surface area contributed by atoms with Crippen molar-refractivity contribution in [3.63, 3.8) is 0 Å². The molecule has 0 bridgehead atoms. The van der Waals surface area contributed by atoms with Crippen LogP contribution >= 0.6 is 0 Å². The molecule has 100 valence electrons. The van der Waals surface area contributed by atoms with Gasteiger partial charge in [0.2, 0.25) is 0 Å². The fourth-order valence-corrected chi connectivity index (χ4v) is 1.69. The fourth-order valence-electron chi connectivity index (χ4n) is 1.69. The number of aliphatic hydroxyl groups is 1. The van der Waals surface area contributed by atoms with E-state index in [9.17, 15) is 9.90 Å². The van der Waals surface area contributed by atoms with Gasteiger partial charge in [0.25, 0.3) is 0 Å². The van der Waals surface area contributed by atoms with E-state index < -0.39 is 6.10 Å². The zero-order valence-corrected chi connectivity index (χ0v) is 10.9. The molecule has 2 aromatic rings. The van der Waals surface area contributed by atoms with Crippen LogP contribution in [0.5, 0.6) is 0 Å². The Balaban J connectivity index is 2.20. The lowest BCUT2D eigenvalue weighted by Crippen LogP contribution is -2.03. The van der Waals surface area contributed by atoms with E-state index in [4.69, 9.17) is 4.74 Å². The predicted octanol–water partition coefficient (Wildman–Crippen LogP) is 2.10. The largest absolute Gasteiger partial charge is 0.462 e. The van der Waals surface area contributed by atoms with Crippen LogP contribution in [0.15, 0.2) is 36.7 Å². The minimum absolute atomic E-state index is 0.340. The topological polar surface area (TPSA) is 64.3 Å². The molecule has 1 aromatic heterocycles. The number of hydrogen-bond acceptors (Lipinski definition) is 4. The van der Waals surface area contributed by atoms with Gasteiger partial charge in [-0.25, -0.2) is 9.48 Å². The maximum absolute atomic E-state index is 11.5. The number of hydrogen-bond donors (Lipinski definition) is 1. The van der Waals surface area contributed by atoms with Gasteiger partial charge in [-0.2, -0.15) is 5.10 Å². The van der Waals surface area contributed by atoms with Crippen LogP contribution in [0.3, 0.4) is 0 Å². The van der Waals surface area contributed by atoms with Crippen LogP contribution in [-0.4, -0.2) is 27.5 Å². The lowest BCUT2D eigenvalue weighted by molar-refractivity contribution is 0.0526. The number of carbonyl (C=O) groups is 1. The lowest BCUT2D eigenvalue weighted by Gasteiger charge is -2.06. The minimum atomic E-state index is -0.498. The Morgan fingerprint density at radius 1 is 1.42 bits per heavy atom. The highest BCUT2D eigenvalue weighted by atomic mass is 16.5. The Morgan fingerprint density at radius 3 is 2.68 bits per heavy atom. The van der Waals surface area contributed by atoms with Crippen molar-refractivity contribution in [2.75, 3.05) is 6.61 Å². The number of nitrogens with zero attached hydrogens (tertiary/aromatic N) is 2. The molecule has 1 aromatic carbocycles. The number of carbonyl (C=O) groups excluding carboxylic acids is 1. The summed E-state index contributed by atoms with van der Waals surface area (Å²) >= 11 is 0. The molecule has 0 unspecified atom stereocenters. The van der Waals surface area contributed by atoms with Gasteiger partial charge in [0.15, 0.2) is 0 Å². The summed E-state index contributed by atoms with van der Waals surface area (Å²) in [4.78, 5) is 11.5. The fraction of sp³-hybridized carbons (Fsp3) is 0.286. The van der Waals surface area contributed by atoms with E-state index in [1.165, 1.54) is 6.20 Å². The molecule has 0 aliphatic heterocycles. The van der Waals surface area contributed by atoms with Crippen molar-refractivity contribution >= 4 is 5.97 Å². The molecule has 0 fully saturated rings. The molecule has 0 saturated heterocycles. The highest BCUT2D eigenvalue weighted by Crippen LogP contribution is 2.15. The van der Waals surface area contributed by atoms with Gasteiger partial charge < -0.3 is 9.84 Å². The summed E-state index contributed by atoms with van der Waals surface area (Å²) in [6, 6.07) is 7.32. The number of aromatic nitrogens is 2. The molecule has 0 saturated carbocycles. The monoisotopic (exact) mass is 260 g/mol. The molecule has 0 aliphatic carbocycles. The second kappa shape index (κ2) is 5.67. The molecule has 1 N–H and O–H groups in total. The lowest BCUT2D eigenvalue weighted by atomic mass is 10.1. The van der Waals surface area contributed by atoms with Gasteiger partial charge in [-0.1, -0.05) is 12.1 Å². The molecule has 1 atom stereocenters. The minimum Gasteiger partial charge on any atom is -0.462 e. The third-order valence-corrected chi connectivity index (χ3v) is 2.73. The maximum Gasteiger partial charge on any atom is 0.341 e. The molecule has 19 heavy (non-hydrogen) atoms. The Kier molecular flexibility index (Phi) is 3.97. The first-order valence-electron chi connectivity index (χ1n) is 6.12. The van der Waals surface area contributed by atoms with Crippen molar-refractivity contribution < 1.29 is 14.6 Å². The van der Waals surface area contributed by atoms with E-state index in [1.54, 1.807) is 24.7 Å². The van der Waals surface area contributed by atoms with Gasteiger partial charge >= 0.3 is 5.97 Å². The standard InChI is InChI=1S/C14H16N2O3/c1-3-19-14(18)12-8-15-16(9-12)13-6-4-11(5-7-13)10(2)17/h4-10,17H,3H2,1-2H3/t10-/m1/s1. The summed E-state index contributed by atoms with van der Waals surface area (Å²) in [5.41, 5.74) is 2.07. The second-order valence-electron chi connectivity index (χ2n) is 4.16. The molecular weight excluding hydrogens is 244 g/mol. The Hall–Kier alpha value is -2.14. The average molecular weight is 260 g/mol. The summed E-state index contributed by atoms with van der Waals surface area (Å²) in [5.74, 6) is -0.380. The number of benzene rings is 1. The van der Waals surface area contributed by atoms with Crippen molar-refractivity contribution in [3.8, 4) is 5.69 Å². The molecule has 1 heterocycles. The third kappa shape index (κ3) is 3.00. The zero-order chi connectivity index (χ0) is 13.8. The quantitative estimate of drug-likeness (QED) is 0.855. The van der Waals surface area contributed by atoms with Crippen molar-refractivity contribution in [1.82, 2.24) is 9.78 Å². The first-order chi connectivity index (χ1) is 9.11. The van der Waals surface area contributed by atoms with Gasteiger partial charge in [0, 0.05) is 6.20 Å². The summed E-state index contributed by atoms with van der Waals surface area (Å²) in [5, 5.41) is 13.6. The summed E-state index contributed by atoms with van der Waals surface area (Å²) in [7, 11) is 0. The number of aliphatic hydroxyl groups excluding tert-OH is 1. The molecule has 0 aliphatic rings. The van der Waals surface area contributed by atoms with Crippen LogP contribution in [0.1, 0.15) is 35.9 Å². The molecule has 0 radical (unpaired) electrons. The average Bonchev–Trinajstić information content (AvgIpc) is 2.89. The predicted molar refractivity (Wildman–Crippen MR) is 70.2 cm³/mol. The van der Waals surface area contributed by atoms with Crippen molar-refractivity contribution in [2.45, 2.75) is 20.0 Å². The molecule has 0 amide bonds. The van der Waals surface area contributed by atoms with E-state index in [-0.39, 0.29) is 5.97 Å². The van der Waals surface area contributed by atoms with Crippen molar-refractivity contribution in [1.29, 1.82) is 0 Å². The normalized spacial score (nSPS) is 12.2. The van der Waals surface area contributed by atoms with Crippen molar-refractivity contribution in [2.24, 2.45) is 0 Å². The third-order valence-electron chi connectivity index (χ3n) is 2.73. The van der Waals surface area contributed by atoms with Crippen molar-refractivity contribution in [3.05, 3.63) is 47.8 Å². The van der Waals surface area contributed by atoms with Gasteiger partial charge in [0.1, 0.15) is 0 Å². The van der Waals surface area contributed by atoms with Crippen LogP contribution < -0.4 is 0 Å². The molecule has 0 spiro atoms. The Bertz CT molecular complexity index is 558. The Labute approximate surface area is 111 Å². The van der Waals surface area contributed by atoms with E-state index in [0.717, 1.165) is 11.3 Å². The first-order valence-corrected chi connectivity index (χ1v) is 6.12. The first kappa shape index (κ1) is 13.3. The number of ether oxygens (including phenoxy) is 1. The molecule has 5 nitrogen and oxygen atoms in total. The molecule has 5 heteroatoms. The van der Waals surface area contributed by atoms with Gasteiger partial charge in [-0.05, 0) is 31.5 Å². The van der Waals surface area contributed by atoms with Gasteiger partial charge in [0.05, 0.1) is 30.2 Å². The highest BCUT2D eigenvalue weighted by molar-refractivity contribution is 5.88. The van der Waals surface area contributed by atoms with Crippen LogP contribution in [-0.2, 0) is 4.74 Å². The van der Waals surface area contributed by atoms with Crippen LogP contribution in [0.25, 0.3) is 5.69 Å². The SMILES string of the molecule is CCOC(=O)c1cnn(-c2ccc([C@@H](C)O)cc2)c1. The van der Waals surface area contributed by atoms with Gasteiger partial charge in [-0.15, -0.1) is 0 Å². The van der Waals surface area contributed by atoms with E-state index in [0.29, 0.717) is 12.2 Å². The number of rotatable bonds is 4. The van der Waals surface area contributed by atoms with E-state index in [2.05, 4.69) is 5.10 Å². The Morgan fingerprint density at radius 2 is 2.11 bits per heavy atom. The summed E-state index contributed by atoms with van der Waals surface area (Å²) in [6.45, 7) is 3.81. The van der Waals surface area contributed by atoms with Crippen LogP contribution in [0, 0.1) is 0 Å². The smallest absolute Gasteiger partial charge is 0.341 e. The van der Waals surface area contributed by atoms with E-state index >= 15 is 0 Å².